The first-order chi connectivity index (χ1) is 11.1. The van der Waals surface area contributed by atoms with E-state index in [0.29, 0.717) is 11.3 Å². The molecule has 130 valence electrons. The van der Waals surface area contributed by atoms with Gasteiger partial charge in [0.1, 0.15) is 17.5 Å². The lowest BCUT2D eigenvalue weighted by Gasteiger charge is -2.37. The van der Waals surface area contributed by atoms with E-state index in [0.717, 1.165) is 0 Å². The number of hydrogen-bond acceptors (Lipinski definition) is 4. The fourth-order valence-corrected chi connectivity index (χ4v) is 2.71. The summed E-state index contributed by atoms with van der Waals surface area (Å²) in [4.78, 5) is 25.0. The first-order valence-electron chi connectivity index (χ1n) is 7.68. The highest BCUT2D eigenvalue weighted by atomic mass is 19.1. The second-order valence-electron chi connectivity index (χ2n) is 6.78. The average Bonchev–Trinajstić information content (AvgIpc) is 2.45. The molecular weight excluding hydrogens is 315 g/mol. The van der Waals surface area contributed by atoms with E-state index in [-0.39, 0.29) is 6.42 Å². The van der Waals surface area contributed by atoms with Crippen molar-refractivity contribution in [2.24, 2.45) is 0 Å². The van der Waals surface area contributed by atoms with Crippen molar-refractivity contribution in [1.82, 2.24) is 4.90 Å². The van der Waals surface area contributed by atoms with E-state index in [2.05, 4.69) is 0 Å². The Bertz CT molecular complexity index is 664. The molecule has 0 saturated carbocycles. The normalized spacial score (nSPS) is 21.2. The van der Waals surface area contributed by atoms with Crippen molar-refractivity contribution >= 4 is 6.09 Å². The van der Waals surface area contributed by atoms with Crippen molar-refractivity contribution < 1.29 is 18.8 Å². The summed E-state index contributed by atoms with van der Waals surface area (Å²) in [5.41, 5.74) is 0.347. The van der Waals surface area contributed by atoms with Crippen LogP contribution in [0.4, 0.5) is 9.18 Å². The summed E-state index contributed by atoms with van der Waals surface area (Å²) in [5, 5.41) is 11.5. The maximum Gasteiger partial charge on any atom is 0.415 e. The van der Waals surface area contributed by atoms with Crippen LogP contribution in [0.25, 0.3) is 0 Å². The zero-order valence-electron chi connectivity index (χ0n) is 14.2. The van der Waals surface area contributed by atoms with E-state index in [9.17, 15) is 19.3 Å². The first kappa shape index (κ1) is 17.9. The van der Waals surface area contributed by atoms with Crippen molar-refractivity contribution in [2.45, 2.75) is 51.8 Å². The number of hydrogen-bond donors (Lipinski definition) is 0. The number of amides is 1. The summed E-state index contributed by atoms with van der Waals surface area (Å²) in [7, 11) is 0. The predicted molar refractivity (Wildman–Crippen MR) is 86.4 cm³/mol. The van der Waals surface area contributed by atoms with Crippen molar-refractivity contribution in [2.75, 3.05) is 0 Å². The zero-order valence-corrected chi connectivity index (χ0v) is 14.2. The summed E-state index contributed by atoms with van der Waals surface area (Å²) in [6.07, 6.45) is 1.19. The van der Waals surface area contributed by atoms with Crippen LogP contribution in [0, 0.1) is 15.9 Å². The fourth-order valence-electron chi connectivity index (χ4n) is 2.71. The van der Waals surface area contributed by atoms with Gasteiger partial charge in [0.2, 0.25) is 6.04 Å². The van der Waals surface area contributed by atoms with E-state index >= 15 is 0 Å². The lowest BCUT2D eigenvalue weighted by atomic mass is 9.92. The molecule has 2 atom stereocenters. The minimum Gasteiger partial charge on any atom is -0.443 e. The van der Waals surface area contributed by atoms with E-state index < -0.39 is 34.5 Å². The highest BCUT2D eigenvalue weighted by Crippen LogP contribution is 2.36. The number of carbonyl (C=O) groups is 1. The molecule has 0 saturated heterocycles. The van der Waals surface area contributed by atoms with Crippen molar-refractivity contribution in [3.05, 3.63) is 57.5 Å². The lowest BCUT2D eigenvalue weighted by molar-refractivity contribution is -0.530. The number of rotatable bonds is 2. The molecule has 1 heterocycles. The highest BCUT2D eigenvalue weighted by molar-refractivity contribution is 5.71. The van der Waals surface area contributed by atoms with E-state index in [4.69, 9.17) is 4.74 Å². The Morgan fingerprint density at radius 2 is 1.92 bits per heavy atom. The third-order valence-corrected chi connectivity index (χ3v) is 3.75. The van der Waals surface area contributed by atoms with Gasteiger partial charge < -0.3 is 4.74 Å². The monoisotopic (exact) mass is 336 g/mol. The van der Waals surface area contributed by atoms with Crippen LogP contribution in [-0.2, 0) is 4.74 Å². The SMILES string of the molecule is CC1=CC[C@@H]([N+](=O)[O-])[C@H](c2ccc(F)cc2)N1C(=O)OC(C)(C)C. The average molecular weight is 336 g/mol. The molecule has 0 radical (unpaired) electrons. The summed E-state index contributed by atoms with van der Waals surface area (Å²) < 4.78 is 18.6. The summed E-state index contributed by atoms with van der Waals surface area (Å²) >= 11 is 0. The summed E-state index contributed by atoms with van der Waals surface area (Å²) in [6, 6.07) is 3.52. The Hall–Kier alpha value is -2.44. The van der Waals surface area contributed by atoms with E-state index in [1.165, 1.54) is 29.2 Å². The third kappa shape index (κ3) is 3.90. The Balaban J connectivity index is 2.47. The van der Waals surface area contributed by atoms with Crippen molar-refractivity contribution in [3.63, 3.8) is 0 Å². The Labute approximate surface area is 140 Å². The van der Waals surface area contributed by atoms with Gasteiger partial charge in [0.25, 0.3) is 0 Å². The molecule has 0 spiro atoms. The molecule has 2 rings (SSSR count). The summed E-state index contributed by atoms with van der Waals surface area (Å²) in [5.74, 6) is -0.441. The number of nitrogens with zero attached hydrogens (tertiary/aromatic N) is 2. The van der Waals surface area contributed by atoms with Crippen molar-refractivity contribution in [3.8, 4) is 0 Å². The van der Waals surface area contributed by atoms with Gasteiger partial charge in [-0.05, 0) is 45.4 Å². The molecule has 0 bridgehead atoms. The smallest absolute Gasteiger partial charge is 0.415 e. The fraction of sp³-hybridized carbons (Fsp3) is 0.471. The van der Waals surface area contributed by atoms with Crippen LogP contribution in [-0.4, -0.2) is 27.6 Å². The number of nitro groups is 1. The molecule has 1 aromatic rings. The van der Waals surface area contributed by atoms with Gasteiger partial charge in [0.05, 0.1) is 0 Å². The maximum absolute atomic E-state index is 13.2. The topological polar surface area (TPSA) is 72.7 Å². The van der Waals surface area contributed by atoms with Gasteiger partial charge in [-0.15, -0.1) is 0 Å². The molecule has 0 aliphatic carbocycles. The van der Waals surface area contributed by atoms with E-state index in [1.807, 2.05) is 0 Å². The Morgan fingerprint density at radius 3 is 2.42 bits per heavy atom. The van der Waals surface area contributed by atoms with Gasteiger partial charge >= 0.3 is 6.09 Å². The molecule has 0 N–H and O–H groups in total. The molecule has 7 heteroatoms. The van der Waals surface area contributed by atoms with Crippen LogP contribution in [0.2, 0.25) is 0 Å². The predicted octanol–water partition coefficient (Wildman–Crippen LogP) is 4.06. The van der Waals surface area contributed by atoms with Gasteiger partial charge in [0, 0.05) is 17.0 Å². The molecule has 1 aliphatic heterocycles. The standard InChI is InChI=1S/C17H21FN2O4/c1-11-5-10-14(20(22)23)15(12-6-8-13(18)9-7-12)19(11)16(21)24-17(2,3)4/h5-9,14-15H,10H2,1-4H3/t14-,15+/m1/s1. The molecular formula is C17H21FN2O4. The second-order valence-corrected chi connectivity index (χ2v) is 6.78. The van der Waals surface area contributed by atoms with Gasteiger partial charge in [-0.1, -0.05) is 18.2 Å². The third-order valence-electron chi connectivity index (χ3n) is 3.75. The Morgan fingerprint density at radius 1 is 1.33 bits per heavy atom. The van der Waals surface area contributed by atoms with Gasteiger partial charge in [-0.25, -0.2) is 9.18 Å². The molecule has 24 heavy (non-hydrogen) atoms. The number of ether oxygens (including phenoxy) is 1. The first-order valence-corrected chi connectivity index (χ1v) is 7.68. The Kier molecular flexibility index (Phi) is 4.91. The van der Waals surface area contributed by atoms with Gasteiger partial charge in [-0.2, -0.15) is 0 Å². The molecule has 0 unspecified atom stereocenters. The molecule has 1 aliphatic rings. The van der Waals surface area contributed by atoms with Crippen molar-refractivity contribution in [1.29, 1.82) is 0 Å². The van der Waals surface area contributed by atoms with Crippen LogP contribution in [0.5, 0.6) is 0 Å². The number of allylic oxidation sites excluding steroid dienone is 1. The molecule has 0 fully saturated rings. The van der Waals surface area contributed by atoms with Crippen LogP contribution in [0.1, 0.15) is 45.7 Å². The largest absolute Gasteiger partial charge is 0.443 e. The van der Waals surface area contributed by atoms with E-state index in [1.54, 1.807) is 33.8 Å². The minimum absolute atomic E-state index is 0.195. The lowest BCUT2D eigenvalue weighted by Crippen LogP contribution is -2.46. The molecule has 6 nitrogen and oxygen atoms in total. The molecule has 1 amide bonds. The molecule has 1 aromatic carbocycles. The van der Waals surface area contributed by atoms with Crippen LogP contribution in [0.3, 0.4) is 0 Å². The number of carbonyl (C=O) groups excluding carboxylic acids is 1. The van der Waals surface area contributed by atoms with Crippen LogP contribution >= 0.6 is 0 Å². The number of benzene rings is 1. The zero-order chi connectivity index (χ0) is 18.1. The maximum atomic E-state index is 13.2. The van der Waals surface area contributed by atoms with Crippen LogP contribution < -0.4 is 0 Å². The molecule has 0 aromatic heterocycles. The van der Waals surface area contributed by atoms with Gasteiger partial charge in [0.15, 0.2) is 0 Å². The number of halogens is 1. The highest BCUT2D eigenvalue weighted by Gasteiger charge is 2.44. The summed E-state index contributed by atoms with van der Waals surface area (Å²) in [6.45, 7) is 6.89. The van der Waals surface area contributed by atoms with Crippen LogP contribution in [0.15, 0.2) is 36.0 Å². The second kappa shape index (κ2) is 6.59. The quantitative estimate of drug-likeness (QED) is 0.603. The van der Waals surface area contributed by atoms with Gasteiger partial charge in [-0.3, -0.25) is 15.0 Å². The minimum atomic E-state index is -1.02.